The molecule has 0 atom stereocenters. The standard InChI is InChI=1S/C13H8N.C12H12BN8.CHF3O3S.ClH.Pd/c1-2-6-12-10(4-1)7-8-11-5-3-9-14-13(11)12;1-5-14-18(9-1)13(19-10-2-6-15-19,20-11-3-7-16-20)21-12-4-8-17-21;2-1(3,4)8(5,6)7;;/h1-5,7-9H;1-12H;(H,5,6,7);1H;/q2*-1;;;/p-2. The molecule has 2 aromatic carbocycles. The smallest absolute Gasteiger partial charge is 0.485 e. The van der Waals surface area contributed by atoms with E-state index in [2.05, 4.69) is 55.7 Å². The molecule has 7 aromatic rings. The maximum atomic E-state index is 10.7. The van der Waals surface area contributed by atoms with Gasteiger partial charge in [-0.25, -0.2) is 28.8 Å². The minimum atomic E-state index is -6.09. The number of hydrogen-bond acceptors (Lipinski definition) is 8. The predicted molar refractivity (Wildman–Crippen MR) is 150 cm³/mol. The molecule has 0 unspecified atom stereocenters. The summed E-state index contributed by atoms with van der Waals surface area (Å²) < 4.78 is 66.2. The van der Waals surface area contributed by atoms with Gasteiger partial charge in [-0.15, -0.1) is 35.0 Å². The van der Waals surface area contributed by atoms with Crippen LogP contribution in [0, 0.1) is 6.07 Å². The number of nitrogens with zero attached hydrogens (tertiary/aromatic N) is 9. The summed E-state index contributed by atoms with van der Waals surface area (Å²) in [6, 6.07) is 24.9. The molecular formula is C26H20BClF3N9O3PdS-4. The summed E-state index contributed by atoms with van der Waals surface area (Å²) in [6.07, 6.45) is 16.3. The van der Waals surface area contributed by atoms with Crippen molar-refractivity contribution in [3.05, 3.63) is 129 Å². The van der Waals surface area contributed by atoms with Gasteiger partial charge in [0.05, 0.1) is 0 Å². The van der Waals surface area contributed by atoms with Crippen LogP contribution >= 0.6 is 0 Å². The number of hydrogen-bond donors (Lipinski definition) is 0. The van der Waals surface area contributed by atoms with Gasteiger partial charge in [0.1, 0.15) is 0 Å². The number of halogens is 4. The molecule has 0 bridgehead atoms. The molecule has 45 heavy (non-hydrogen) atoms. The Morgan fingerprint density at radius 1 is 0.689 bits per heavy atom. The summed E-state index contributed by atoms with van der Waals surface area (Å²) in [7, 11) is -6.09. The summed E-state index contributed by atoms with van der Waals surface area (Å²) in [5.74, 6) is 0. The Bertz CT molecular complexity index is 1820. The Kier molecular flexibility index (Phi) is 11.4. The zero-order valence-corrected chi connectivity index (χ0v) is 25.7. The van der Waals surface area contributed by atoms with Gasteiger partial charge in [0.15, 0.2) is 10.1 Å². The fourth-order valence-electron chi connectivity index (χ4n) is 4.40. The van der Waals surface area contributed by atoms with Crippen molar-refractivity contribution in [3.63, 3.8) is 0 Å². The summed E-state index contributed by atoms with van der Waals surface area (Å²) in [4.78, 5) is 4.38. The Balaban J connectivity index is 0.000000200. The normalized spacial score (nSPS) is 11.4. The predicted octanol–water partition coefficient (Wildman–Crippen LogP) is 0.642. The Morgan fingerprint density at radius 3 is 1.51 bits per heavy atom. The molecule has 5 aromatic heterocycles. The van der Waals surface area contributed by atoms with Crippen LogP contribution in [-0.4, -0.2) is 68.9 Å². The van der Waals surface area contributed by atoms with E-state index in [1.807, 2.05) is 91.8 Å². The van der Waals surface area contributed by atoms with Gasteiger partial charge in [0, 0.05) is 51.4 Å². The van der Waals surface area contributed by atoms with E-state index in [-0.39, 0.29) is 32.8 Å². The van der Waals surface area contributed by atoms with Gasteiger partial charge in [0.25, 0.3) is 0 Å². The molecule has 0 saturated carbocycles. The van der Waals surface area contributed by atoms with Crippen molar-refractivity contribution >= 4 is 38.5 Å². The average Bonchev–Trinajstić information content (AvgIpc) is 3.83. The quantitative estimate of drug-likeness (QED) is 0.0841. The van der Waals surface area contributed by atoms with Gasteiger partial charge in [-0.2, -0.15) is 13.2 Å². The first-order chi connectivity index (χ1) is 20.6. The molecule has 0 N–H and O–H groups in total. The second kappa shape index (κ2) is 14.6. The molecule has 12 nitrogen and oxygen atoms in total. The van der Waals surface area contributed by atoms with E-state index >= 15 is 0 Å². The minimum Gasteiger partial charge on any atom is -1.00 e. The van der Waals surface area contributed by atoms with Crippen LogP contribution in [0.1, 0.15) is 0 Å². The molecule has 0 aliphatic carbocycles. The van der Waals surface area contributed by atoms with E-state index in [1.54, 1.807) is 24.8 Å². The van der Waals surface area contributed by atoms with E-state index in [0.717, 1.165) is 10.9 Å². The first kappa shape index (κ1) is 35.1. The molecule has 238 valence electrons. The average molecular weight is 748 g/mol. The fourth-order valence-corrected chi connectivity index (χ4v) is 4.40. The summed E-state index contributed by atoms with van der Waals surface area (Å²) in [5, 5.41) is 21.1. The van der Waals surface area contributed by atoms with E-state index < -0.39 is 22.3 Å². The Morgan fingerprint density at radius 2 is 1.11 bits per heavy atom. The SMILES string of the molecule is O=S(=O)([O-])C(F)(F)F.[Cl-].[Pd].[c-]1cccc2ccc3cccnc3c12.c1cnn([B-](n2cccn2)(n2cccn2)n2cccn2)c1. The Hall–Kier alpha value is -4.33. The van der Waals surface area contributed by atoms with Crippen molar-refractivity contribution in [1.29, 1.82) is 0 Å². The third-order valence-electron chi connectivity index (χ3n) is 6.21. The monoisotopic (exact) mass is 747 g/mol. The van der Waals surface area contributed by atoms with Crippen LogP contribution in [-0.2, 0) is 30.5 Å². The van der Waals surface area contributed by atoms with Gasteiger partial charge < -0.3 is 40.3 Å². The van der Waals surface area contributed by atoms with E-state index in [0.29, 0.717) is 0 Å². The van der Waals surface area contributed by atoms with Gasteiger partial charge in [-0.05, 0) is 66.0 Å². The van der Waals surface area contributed by atoms with Gasteiger partial charge in [0.2, 0.25) is 0 Å². The number of rotatable bonds is 4. The van der Waals surface area contributed by atoms with Crippen LogP contribution in [0.5, 0.6) is 0 Å². The van der Waals surface area contributed by atoms with Crippen LogP contribution in [0.15, 0.2) is 123 Å². The second-order valence-electron chi connectivity index (χ2n) is 8.81. The number of alkyl halides is 3. The number of aromatic nitrogens is 9. The van der Waals surface area contributed by atoms with Crippen molar-refractivity contribution in [2.24, 2.45) is 0 Å². The van der Waals surface area contributed by atoms with Gasteiger partial charge >= 0.3 is 12.2 Å². The number of pyridine rings is 1. The maximum absolute atomic E-state index is 10.7. The maximum Gasteiger partial charge on any atom is 0.485 e. The molecule has 0 radical (unpaired) electrons. The molecule has 0 aliphatic rings. The van der Waals surface area contributed by atoms with E-state index in [9.17, 15) is 13.2 Å². The summed E-state index contributed by atoms with van der Waals surface area (Å²) in [6.45, 7) is -1.83. The zero-order valence-electron chi connectivity index (χ0n) is 22.6. The molecule has 5 heterocycles. The van der Waals surface area contributed by atoms with Crippen molar-refractivity contribution in [2.75, 3.05) is 0 Å². The zero-order chi connectivity index (χ0) is 30.5. The molecular weight excluding hydrogens is 728 g/mol. The molecule has 0 saturated heterocycles. The minimum absolute atomic E-state index is 0. The van der Waals surface area contributed by atoms with Gasteiger partial charge in [-0.3, -0.25) is 0 Å². The van der Waals surface area contributed by atoms with Crippen LogP contribution in [0.3, 0.4) is 0 Å². The van der Waals surface area contributed by atoms with Crippen LogP contribution in [0.2, 0.25) is 0 Å². The molecule has 0 amide bonds. The molecule has 0 fully saturated rings. The van der Waals surface area contributed by atoms with Crippen LogP contribution in [0.4, 0.5) is 13.2 Å². The third-order valence-corrected chi connectivity index (χ3v) is 6.78. The van der Waals surface area contributed by atoms with Crippen LogP contribution < -0.4 is 12.4 Å². The van der Waals surface area contributed by atoms with Crippen LogP contribution in [0.25, 0.3) is 21.7 Å². The van der Waals surface area contributed by atoms with Crippen molar-refractivity contribution < 1.29 is 59.0 Å². The largest absolute Gasteiger partial charge is 1.00 e. The first-order valence-corrected chi connectivity index (χ1v) is 13.8. The summed E-state index contributed by atoms with van der Waals surface area (Å²) >= 11 is 0. The molecule has 0 spiro atoms. The second-order valence-corrected chi connectivity index (χ2v) is 10.2. The summed E-state index contributed by atoms with van der Waals surface area (Å²) in [5.41, 5.74) is -4.61. The first-order valence-electron chi connectivity index (χ1n) is 12.4. The van der Waals surface area contributed by atoms with E-state index in [1.165, 1.54) is 10.8 Å². The molecule has 19 heteroatoms. The molecule has 0 aliphatic heterocycles. The fraction of sp³-hybridized carbons (Fsp3) is 0.0385. The third kappa shape index (κ3) is 7.32. The van der Waals surface area contributed by atoms with Gasteiger partial charge in [-0.1, -0.05) is 18.2 Å². The Labute approximate surface area is 274 Å². The number of benzene rings is 2. The topological polar surface area (TPSA) is 141 Å². The van der Waals surface area contributed by atoms with E-state index in [4.69, 9.17) is 13.0 Å². The van der Waals surface area contributed by atoms with Crippen molar-refractivity contribution in [1.82, 2.24) is 43.7 Å². The number of fused-ring (bicyclic) bond motifs is 3. The molecule has 7 rings (SSSR count). The van der Waals surface area contributed by atoms with Crippen molar-refractivity contribution in [2.45, 2.75) is 5.51 Å². The van der Waals surface area contributed by atoms with Crippen molar-refractivity contribution in [3.8, 4) is 0 Å².